The van der Waals surface area contributed by atoms with Gasteiger partial charge >= 0.3 is 5.97 Å². The van der Waals surface area contributed by atoms with E-state index < -0.39 is 11.9 Å². The number of pyridine rings is 1. The third kappa shape index (κ3) is 4.80. The number of amides is 3. The first-order valence-corrected chi connectivity index (χ1v) is 9.51. The Bertz CT molecular complexity index is 930. The molecule has 3 rings (SSSR count). The first-order valence-electron chi connectivity index (χ1n) is 9.51. The molecule has 0 radical (unpaired) electrons. The average Bonchev–Trinajstić information content (AvgIpc) is 3.28. The summed E-state index contributed by atoms with van der Waals surface area (Å²) in [6, 6.07) is 11.6. The molecular formula is C21H22N4O5. The number of aromatic nitrogens is 1. The highest BCUT2D eigenvalue weighted by atomic mass is 16.5. The molecule has 3 amide bonds. The summed E-state index contributed by atoms with van der Waals surface area (Å²) in [7, 11) is 1.26. The third-order valence-corrected chi connectivity index (χ3v) is 4.62. The highest BCUT2D eigenvalue weighted by Crippen LogP contribution is 2.16. The minimum absolute atomic E-state index is 0.0665. The molecule has 2 aromatic rings. The van der Waals surface area contributed by atoms with Gasteiger partial charge in [0.05, 0.1) is 12.7 Å². The fourth-order valence-corrected chi connectivity index (χ4v) is 3.08. The second-order valence-corrected chi connectivity index (χ2v) is 6.59. The molecule has 1 aliphatic heterocycles. The molecule has 9 nitrogen and oxygen atoms in total. The van der Waals surface area contributed by atoms with E-state index in [0.717, 1.165) is 0 Å². The standard InChI is InChI=1S/C21H22N4O5/c1-30-21(29)16-8-9-17(23-14-16)20(28)25-13-5-12-24(25)18(26)10-11-22-19(27)15-6-3-2-4-7-15/h2-4,6-9,14H,5,10-13H2,1H3,(H,22,27). The Morgan fingerprint density at radius 1 is 1.00 bits per heavy atom. The molecule has 0 unspecified atom stereocenters. The molecule has 0 aliphatic carbocycles. The molecule has 1 aromatic heterocycles. The molecule has 1 fully saturated rings. The van der Waals surface area contributed by atoms with E-state index in [1.165, 1.54) is 35.5 Å². The van der Waals surface area contributed by atoms with Gasteiger partial charge in [-0.3, -0.25) is 24.4 Å². The van der Waals surface area contributed by atoms with Crippen LogP contribution in [0, 0.1) is 0 Å². The number of ether oxygens (including phenoxy) is 1. The van der Waals surface area contributed by atoms with Crippen molar-refractivity contribution in [3.05, 3.63) is 65.5 Å². The minimum atomic E-state index is -0.544. The number of nitrogens with one attached hydrogen (secondary N) is 1. The van der Waals surface area contributed by atoms with Gasteiger partial charge in [-0.05, 0) is 30.7 Å². The SMILES string of the molecule is COC(=O)c1ccc(C(=O)N2CCCN2C(=O)CCNC(=O)c2ccccc2)nc1. The largest absolute Gasteiger partial charge is 0.465 e. The van der Waals surface area contributed by atoms with E-state index in [1.807, 2.05) is 6.07 Å². The maximum Gasteiger partial charge on any atom is 0.339 e. The fourth-order valence-electron chi connectivity index (χ4n) is 3.08. The number of carbonyl (C=O) groups excluding carboxylic acids is 4. The lowest BCUT2D eigenvalue weighted by molar-refractivity contribution is -0.140. The monoisotopic (exact) mass is 410 g/mol. The molecule has 0 saturated carbocycles. The van der Waals surface area contributed by atoms with Crippen LogP contribution in [0.2, 0.25) is 0 Å². The maximum atomic E-state index is 12.8. The van der Waals surface area contributed by atoms with Crippen molar-refractivity contribution in [2.24, 2.45) is 0 Å². The molecule has 2 heterocycles. The van der Waals surface area contributed by atoms with Crippen molar-refractivity contribution in [2.75, 3.05) is 26.7 Å². The van der Waals surface area contributed by atoms with E-state index in [1.54, 1.807) is 24.3 Å². The Morgan fingerprint density at radius 3 is 2.40 bits per heavy atom. The Balaban J connectivity index is 1.56. The summed E-state index contributed by atoms with van der Waals surface area (Å²) in [4.78, 5) is 52.9. The number of benzene rings is 1. The van der Waals surface area contributed by atoms with Crippen molar-refractivity contribution in [2.45, 2.75) is 12.8 Å². The van der Waals surface area contributed by atoms with Crippen molar-refractivity contribution in [1.82, 2.24) is 20.3 Å². The van der Waals surface area contributed by atoms with Gasteiger partial charge in [-0.2, -0.15) is 0 Å². The van der Waals surface area contributed by atoms with Crippen molar-refractivity contribution in [3.8, 4) is 0 Å². The number of hydrazine groups is 1. The smallest absolute Gasteiger partial charge is 0.339 e. The first kappa shape index (κ1) is 21.0. The van der Waals surface area contributed by atoms with Gasteiger partial charge in [0.15, 0.2) is 0 Å². The lowest BCUT2D eigenvalue weighted by Crippen LogP contribution is -2.46. The molecule has 156 valence electrons. The van der Waals surface area contributed by atoms with Crippen LogP contribution in [0.4, 0.5) is 0 Å². The van der Waals surface area contributed by atoms with Crippen LogP contribution in [-0.4, -0.2) is 65.4 Å². The lowest BCUT2D eigenvalue weighted by atomic mass is 10.2. The summed E-state index contributed by atoms with van der Waals surface area (Å²) in [5, 5.41) is 5.44. The van der Waals surface area contributed by atoms with Gasteiger partial charge in [0.2, 0.25) is 5.91 Å². The highest BCUT2D eigenvalue weighted by molar-refractivity contribution is 5.96. The number of methoxy groups -OCH3 is 1. The van der Waals surface area contributed by atoms with Crippen molar-refractivity contribution >= 4 is 23.7 Å². The van der Waals surface area contributed by atoms with E-state index in [4.69, 9.17) is 0 Å². The molecule has 0 spiro atoms. The minimum Gasteiger partial charge on any atom is -0.465 e. The molecule has 9 heteroatoms. The summed E-state index contributed by atoms with van der Waals surface area (Å²) in [5.74, 6) is -1.49. The van der Waals surface area contributed by atoms with Gasteiger partial charge in [0.25, 0.3) is 11.8 Å². The van der Waals surface area contributed by atoms with Crippen molar-refractivity contribution in [3.63, 3.8) is 0 Å². The normalized spacial score (nSPS) is 13.1. The van der Waals surface area contributed by atoms with Gasteiger partial charge in [-0.1, -0.05) is 18.2 Å². The summed E-state index contributed by atoms with van der Waals surface area (Å²) in [6.07, 6.45) is 1.98. The Morgan fingerprint density at radius 2 is 1.73 bits per heavy atom. The summed E-state index contributed by atoms with van der Waals surface area (Å²) in [6.45, 7) is 0.968. The van der Waals surface area contributed by atoms with E-state index in [-0.39, 0.29) is 36.0 Å². The van der Waals surface area contributed by atoms with E-state index in [0.29, 0.717) is 25.1 Å². The van der Waals surface area contributed by atoms with Crippen LogP contribution in [0.3, 0.4) is 0 Å². The van der Waals surface area contributed by atoms with Crippen LogP contribution in [0.1, 0.15) is 44.0 Å². The van der Waals surface area contributed by atoms with Gasteiger partial charge < -0.3 is 10.1 Å². The van der Waals surface area contributed by atoms with Crippen LogP contribution >= 0.6 is 0 Å². The number of nitrogens with zero attached hydrogens (tertiary/aromatic N) is 3. The van der Waals surface area contributed by atoms with Gasteiger partial charge in [0.1, 0.15) is 5.69 Å². The predicted molar refractivity (Wildman–Crippen MR) is 106 cm³/mol. The summed E-state index contributed by atoms with van der Waals surface area (Å²) < 4.78 is 4.61. The van der Waals surface area contributed by atoms with Crippen LogP contribution < -0.4 is 5.32 Å². The van der Waals surface area contributed by atoms with E-state index >= 15 is 0 Å². The van der Waals surface area contributed by atoms with Crippen molar-refractivity contribution in [1.29, 1.82) is 0 Å². The fraction of sp³-hybridized carbons (Fsp3) is 0.286. The number of hydrogen-bond donors (Lipinski definition) is 1. The quantitative estimate of drug-likeness (QED) is 0.719. The Labute approximate surface area is 173 Å². The molecule has 1 N–H and O–H groups in total. The molecule has 0 bridgehead atoms. The number of rotatable bonds is 6. The third-order valence-electron chi connectivity index (χ3n) is 4.62. The molecule has 1 aromatic carbocycles. The maximum absolute atomic E-state index is 12.8. The van der Waals surface area contributed by atoms with E-state index in [2.05, 4.69) is 15.0 Å². The summed E-state index contributed by atoms with van der Waals surface area (Å²) in [5.41, 5.74) is 0.877. The Hall–Kier alpha value is -3.75. The van der Waals surface area contributed by atoms with E-state index in [9.17, 15) is 19.2 Å². The average molecular weight is 410 g/mol. The highest BCUT2D eigenvalue weighted by Gasteiger charge is 2.31. The zero-order chi connectivity index (χ0) is 21.5. The Kier molecular flexibility index (Phi) is 6.74. The molecule has 0 atom stereocenters. The van der Waals surface area contributed by atoms with Gasteiger partial charge in [0, 0.05) is 37.8 Å². The van der Waals surface area contributed by atoms with Crippen LogP contribution in [0.5, 0.6) is 0 Å². The first-order chi connectivity index (χ1) is 14.5. The number of carbonyl (C=O) groups is 4. The predicted octanol–water partition coefficient (Wildman–Crippen LogP) is 1.28. The zero-order valence-electron chi connectivity index (χ0n) is 16.5. The molecule has 30 heavy (non-hydrogen) atoms. The van der Waals surface area contributed by atoms with Crippen molar-refractivity contribution < 1.29 is 23.9 Å². The topological polar surface area (TPSA) is 109 Å². The van der Waals surface area contributed by atoms with Crippen LogP contribution in [-0.2, 0) is 9.53 Å². The van der Waals surface area contributed by atoms with Crippen LogP contribution in [0.25, 0.3) is 0 Å². The lowest BCUT2D eigenvalue weighted by Gasteiger charge is -2.27. The van der Waals surface area contributed by atoms with Gasteiger partial charge in [-0.25, -0.2) is 9.80 Å². The molecule has 1 saturated heterocycles. The summed E-state index contributed by atoms with van der Waals surface area (Å²) >= 11 is 0. The van der Waals surface area contributed by atoms with Crippen LogP contribution in [0.15, 0.2) is 48.7 Å². The number of hydrogen-bond acceptors (Lipinski definition) is 6. The number of esters is 1. The van der Waals surface area contributed by atoms with Gasteiger partial charge in [-0.15, -0.1) is 0 Å². The molecular weight excluding hydrogens is 388 g/mol. The molecule has 1 aliphatic rings. The second-order valence-electron chi connectivity index (χ2n) is 6.59. The second kappa shape index (κ2) is 9.64. The zero-order valence-corrected chi connectivity index (χ0v) is 16.5.